The van der Waals surface area contributed by atoms with Gasteiger partial charge in [0.15, 0.2) is 0 Å². The van der Waals surface area contributed by atoms with Crippen LogP contribution in [0.25, 0.3) is 0 Å². The Morgan fingerprint density at radius 2 is 1.79 bits per heavy atom. The Labute approximate surface area is 121 Å². The van der Waals surface area contributed by atoms with Gasteiger partial charge in [0.2, 0.25) is 5.91 Å². The van der Waals surface area contributed by atoms with E-state index in [4.69, 9.17) is 0 Å². The first-order chi connectivity index (χ1) is 9.28. The lowest BCUT2D eigenvalue weighted by Gasteiger charge is -2.29. The van der Waals surface area contributed by atoms with Crippen molar-refractivity contribution in [2.24, 2.45) is 0 Å². The summed E-state index contributed by atoms with van der Waals surface area (Å²) in [5, 5.41) is 7.41. The Morgan fingerprint density at radius 1 is 1.05 bits per heavy atom. The number of carbonyl (C=O) groups excluding carboxylic acids is 1. The molecule has 4 heteroatoms. The van der Waals surface area contributed by atoms with Crippen molar-refractivity contribution in [3.05, 3.63) is 0 Å². The summed E-state index contributed by atoms with van der Waals surface area (Å²) in [6.45, 7) is 0.502. The summed E-state index contributed by atoms with van der Waals surface area (Å²) in [4.78, 5) is 11.9. The number of thioether (sulfide) groups is 1. The van der Waals surface area contributed by atoms with E-state index in [9.17, 15) is 4.79 Å². The SMILES string of the molecule is CSC1CCCC(NCC(=O)NC2CCCCC2)C1. The Morgan fingerprint density at radius 3 is 2.53 bits per heavy atom. The minimum absolute atomic E-state index is 0.193. The summed E-state index contributed by atoms with van der Waals surface area (Å²) in [5.74, 6) is 0.193. The van der Waals surface area contributed by atoms with Gasteiger partial charge in [0.05, 0.1) is 6.54 Å². The number of nitrogens with one attached hydrogen (secondary N) is 2. The first-order valence-electron chi connectivity index (χ1n) is 7.83. The zero-order valence-corrected chi connectivity index (χ0v) is 12.9. The second-order valence-corrected chi connectivity index (χ2v) is 7.14. The Bertz CT molecular complexity index is 279. The van der Waals surface area contributed by atoms with E-state index in [0.717, 1.165) is 5.25 Å². The maximum atomic E-state index is 11.9. The van der Waals surface area contributed by atoms with E-state index in [-0.39, 0.29) is 5.91 Å². The van der Waals surface area contributed by atoms with Crippen LogP contribution in [0, 0.1) is 0 Å². The molecule has 1 amide bonds. The van der Waals surface area contributed by atoms with Crippen molar-refractivity contribution < 1.29 is 4.79 Å². The van der Waals surface area contributed by atoms with E-state index in [1.54, 1.807) is 0 Å². The lowest BCUT2D eigenvalue weighted by atomic mass is 9.94. The van der Waals surface area contributed by atoms with Gasteiger partial charge in [-0.15, -0.1) is 0 Å². The first kappa shape index (κ1) is 15.2. The number of rotatable bonds is 5. The summed E-state index contributed by atoms with van der Waals surface area (Å²) < 4.78 is 0. The lowest BCUT2D eigenvalue weighted by Crippen LogP contribution is -2.45. The smallest absolute Gasteiger partial charge is 0.234 e. The summed E-state index contributed by atoms with van der Waals surface area (Å²) in [6, 6.07) is 0.983. The molecule has 3 nitrogen and oxygen atoms in total. The van der Waals surface area contributed by atoms with Crippen LogP contribution in [0.3, 0.4) is 0 Å². The van der Waals surface area contributed by atoms with Crippen molar-refractivity contribution in [1.29, 1.82) is 0 Å². The highest BCUT2D eigenvalue weighted by atomic mass is 32.2. The molecule has 0 bridgehead atoms. The molecule has 110 valence electrons. The van der Waals surface area contributed by atoms with Gasteiger partial charge in [-0.1, -0.05) is 25.7 Å². The van der Waals surface area contributed by atoms with Crippen LogP contribution in [-0.4, -0.2) is 36.0 Å². The summed E-state index contributed by atoms with van der Waals surface area (Å²) in [6.07, 6.45) is 13.5. The fraction of sp³-hybridized carbons (Fsp3) is 0.933. The van der Waals surface area contributed by atoms with Crippen LogP contribution < -0.4 is 10.6 Å². The zero-order chi connectivity index (χ0) is 13.5. The predicted molar refractivity (Wildman–Crippen MR) is 82.6 cm³/mol. The molecule has 2 N–H and O–H groups in total. The maximum Gasteiger partial charge on any atom is 0.234 e. The molecule has 0 aromatic rings. The van der Waals surface area contributed by atoms with Gasteiger partial charge in [-0.05, 0) is 38.4 Å². The molecule has 2 rings (SSSR count). The van der Waals surface area contributed by atoms with Crippen molar-refractivity contribution in [3.8, 4) is 0 Å². The summed E-state index contributed by atoms with van der Waals surface area (Å²) in [5.41, 5.74) is 0. The number of hydrogen-bond acceptors (Lipinski definition) is 3. The third kappa shape index (κ3) is 5.35. The lowest BCUT2D eigenvalue weighted by molar-refractivity contribution is -0.121. The van der Waals surface area contributed by atoms with Gasteiger partial charge in [-0.25, -0.2) is 0 Å². The molecule has 0 saturated heterocycles. The molecule has 2 aliphatic carbocycles. The van der Waals surface area contributed by atoms with E-state index >= 15 is 0 Å². The topological polar surface area (TPSA) is 41.1 Å². The minimum atomic E-state index is 0.193. The highest BCUT2D eigenvalue weighted by Crippen LogP contribution is 2.26. The third-order valence-corrected chi connectivity index (χ3v) is 5.58. The van der Waals surface area contributed by atoms with E-state index in [1.165, 1.54) is 57.8 Å². The monoisotopic (exact) mass is 284 g/mol. The fourth-order valence-corrected chi connectivity index (χ4v) is 4.13. The second kappa shape index (κ2) is 8.15. The highest BCUT2D eigenvalue weighted by molar-refractivity contribution is 7.99. The zero-order valence-electron chi connectivity index (χ0n) is 12.1. The van der Waals surface area contributed by atoms with Crippen LogP contribution in [0.15, 0.2) is 0 Å². The van der Waals surface area contributed by atoms with Gasteiger partial charge < -0.3 is 10.6 Å². The van der Waals surface area contributed by atoms with Crippen molar-refractivity contribution in [3.63, 3.8) is 0 Å². The van der Waals surface area contributed by atoms with E-state index in [1.807, 2.05) is 11.8 Å². The molecule has 0 spiro atoms. The molecule has 0 aromatic heterocycles. The summed E-state index contributed by atoms with van der Waals surface area (Å²) >= 11 is 1.97. The van der Waals surface area contributed by atoms with Gasteiger partial charge >= 0.3 is 0 Å². The van der Waals surface area contributed by atoms with E-state index in [0.29, 0.717) is 18.6 Å². The van der Waals surface area contributed by atoms with Crippen molar-refractivity contribution in [2.45, 2.75) is 75.1 Å². The molecule has 0 aliphatic heterocycles. The molecule has 2 aliphatic rings. The minimum Gasteiger partial charge on any atom is -0.352 e. The average Bonchev–Trinajstić information content (AvgIpc) is 2.46. The van der Waals surface area contributed by atoms with Gasteiger partial charge in [0, 0.05) is 17.3 Å². The van der Waals surface area contributed by atoms with Crippen LogP contribution in [0.5, 0.6) is 0 Å². The largest absolute Gasteiger partial charge is 0.352 e. The molecular formula is C15H28N2OS. The van der Waals surface area contributed by atoms with Crippen LogP contribution in [-0.2, 0) is 4.79 Å². The molecular weight excluding hydrogens is 256 g/mol. The molecule has 0 radical (unpaired) electrons. The van der Waals surface area contributed by atoms with Crippen LogP contribution in [0.2, 0.25) is 0 Å². The van der Waals surface area contributed by atoms with Gasteiger partial charge in [-0.3, -0.25) is 4.79 Å². The molecule has 2 fully saturated rings. The van der Waals surface area contributed by atoms with E-state index in [2.05, 4.69) is 16.9 Å². The molecule has 0 heterocycles. The average molecular weight is 284 g/mol. The maximum absolute atomic E-state index is 11.9. The molecule has 2 atom stereocenters. The number of carbonyl (C=O) groups is 1. The molecule has 2 saturated carbocycles. The second-order valence-electron chi connectivity index (χ2n) is 6.00. The number of hydrogen-bond donors (Lipinski definition) is 2. The predicted octanol–water partition coefficient (Wildman–Crippen LogP) is 2.70. The van der Waals surface area contributed by atoms with Crippen molar-refractivity contribution >= 4 is 17.7 Å². The highest BCUT2D eigenvalue weighted by Gasteiger charge is 2.22. The Kier molecular flexibility index (Phi) is 6.51. The molecule has 2 unspecified atom stereocenters. The Balaban J connectivity index is 1.62. The number of amides is 1. The van der Waals surface area contributed by atoms with Crippen molar-refractivity contribution in [1.82, 2.24) is 10.6 Å². The quantitative estimate of drug-likeness (QED) is 0.815. The normalized spacial score (nSPS) is 29.1. The van der Waals surface area contributed by atoms with Gasteiger partial charge in [0.25, 0.3) is 0 Å². The van der Waals surface area contributed by atoms with Crippen LogP contribution >= 0.6 is 11.8 Å². The van der Waals surface area contributed by atoms with Crippen molar-refractivity contribution in [2.75, 3.05) is 12.8 Å². The van der Waals surface area contributed by atoms with Gasteiger partial charge in [-0.2, -0.15) is 11.8 Å². The molecule has 19 heavy (non-hydrogen) atoms. The van der Waals surface area contributed by atoms with E-state index < -0.39 is 0 Å². The fourth-order valence-electron chi connectivity index (χ4n) is 3.31. The van der Waals surface area contributed by atoms with Crippen LogP contribution in [0.1, 0.15) is 57.8 Å². The summed E-state index contributed by atoms with van der Waals surface area (Å²) in [7, 11) is 0. The standard InChI is InChI=1S/C15H28N2OS/c1-19-14-9-5-8-13(10-14)16-11-15(18)17-12-6-3-2-4-7-12/h12-14,16H,2-11H2,1H3,(H,17,18). The van der Waals surface area contributed by atoms with Gasteiger partial charge in [0.1, 0.15) is 0 Å². The molecule has 0 aromatic carbocycles. The van der Waals surface area contributed by atoms with Crippen LogP contribution in [0.4, 0.5) is 0 Å². The third-order valence-electron chi connectivity index (χ3n) is 4.48. The Hall–Kier alpha value is -0.220. The first-order valence-corrected chi connectivity index (χ1v) is 9.12.